The van der Waals surface area contributed by atoms with Crippen LogP contribution in [0, 0.1) is 0 Å². The number of hydrogen-bond acceptors (Lipinski definition) is 2. The normalized spacial score (nSPS) is 11.0. The Kier molecular flexibility index (Phi) is 4.84. The van der Waals surface area contributed by atoms with Crippen molar-refractivity contribution >= 4 is 17.5 Å². The maximum absolute atomic E-state index is 12.5. The molecule has 2 aromatic rings. The molecule has 0 unspecified atom stereocenters. The van der Waals surface area contributed by atoms with Gasteiger partial charge >= 0.3 is 0 Å². The van der Waals surface area contributed by atoms with E-state index in [9.17, 15) is 9.59 Å². The van der Waals surface area contributed by atoms with Gasteiger partial charge in [-0.3, -0.25) is 9.59 Å². The van der Waals surface area contributed by atoms with E-state index in [0.29, 0.717) is 11.1 Å². The number of benzene rings is 2. The van der Waals surface area contributed by atoms with Crippen LogP contribution in [0.25, 0.3) is 0 Å². The van der Waals surface area contributed by atoms with Crippen molar-refractivity contribution in [3.63, 3.8) is 0 Å². The molecule has 0 saturated heterocycles. The standard InChI is InChI=1S/C19H22N2O2/c1-19(2,3)20-17(22)14-10-12-15(13-11-14)18(23)21(4)16-8-6-5-7-9-16/h5-13H,1-4H3,(H,20,22). The lowest BCUT2D eigenvalue weighted by atomic mass is 10.1. The maximum atomic E-state index is 12.5. The molecule has 0 atom stereocenters. The number of nitrogens with zero attached hydrogens (tertiary/aromatic N) is 1. The van der Waals surface area contributed by atoms with Crippen LogP contribution < -0.4 is 10.2 Å². The SMILES string of the molecule is CN(C(=O)c1ccc(C(=O)NC(C)(C)C)cc1)c1ccccc1. The van der Waals surface area contributed by atoms with Crippen molar-refractivity contribution in [3.05, 3.63) is 65.7 Å². The summed E-state index contributed by atoms with van der Waals surface area (Å²) >= 11 is 0. The fourth-order valence-corrected chi connectivity index (χ4v) is 2.14. The molecule has 0 heterocycles. The van der Waals surface area contributed by atoms with E-state index in [-0.39, 0.29) is 17.4 Å². The summed E-state index contributed by atoms with van der Waals surface area (Å²) in [6.07, 6.45) is 0. The summed E-state index contributed by atoms with van der Waals surface area (Å²) in [4.78, 5) is 26.2. The first-order chi connectivity index (χ1) is 10.8. The Morgan fingerprint density at radius 2 is 1.39 bits per heavy atom. The highest BCUT2D eigenvalue weighted by Gasteiger charge is 2.17. The van der Waals surface area contributed by atoms with Crippen molar-refractivity contribution in [2.45, 2.75) is 26.3 Å². The smallest absolute Gasteiger partial charge is 0.258 e. The van der Waals surface area contributed by atoms with Gasteiger partial charge in [-0.1, -0.05) is 18.2 Å². The molecular weight excluding hydrogens is 288 g/mol. The van der Waals surface area contributed by atoms with E-state index in [1.165, 1.54) is 0 Å². The molecule has 0 saturated carbocycles. The Labute approximate surface area is 137 Å². The third-order valence-electron chi connectivity index (χ3n) is 3.33. The van der Waals surface area contributed by atoms with Crippen LogP contribution in [0.3, 0.4) is 0 Å². The quantitative estimate of drug-likeness (QED) is 0.943. The van der Waals surface area contributed by atoms with Crippen molar-refractivity contribution < 1.29 is 9.59 Å². The molecule has 0 aliphatic heterocycles. The number of rotatable bonds is 3. The summed E-state index contributed by atoms with van der Waals surface area (Å²) in [5.74, 6) is -0.258. The van der Waals surface area contributed by atoms with Crippen LogP contribution in [-0.2, 0) is 0 Å². The van der Waals surface area contributed by atoms with Crippen molar-refractivity contribution in [1.82, 2.24) is 5.32 Å². The minimum atomic E-state index is -0.293. The lowest BCUT2D eigenvalue weighted by Crippen LogP contribution is -2.40. The number of anilines is 1. The van der Waals surface area contributed by atoms with Crippen LogP contribution in [0.15, 0.2) is 54.6 Å². The van der Waals surface area contributed by atoms with Gasteiger partial charge in [0.25, 0.3) is 11.8 Å². The molecule has 23 heavy (non-hydrogen) atoms. The van der Waals surface area contributed by atoms with E-state index < -0.39 is 0 Å². The van der Waals surface area contributed by atoms with E-state index in [1.54, 1.807) is 36.2 Å². The topological polar surface area (TPSA) is 49.4 Å². The Bertz CT molecular complexity index is 686. The highest BCUT2D eigenvalue weighted by atomic mass is 16.2. The Morgan fingerprint density at radius 1 is 0.870 bits per heavy atom. The van der Waals surface area contributed by atoms with Gasteiger partial charge in [-0.25, -0.2) is 0 Å². The van der Waals surface area contributed by atoms with Crippen LogP contribution in [0.5, 0.6) is 0 Å². The van der Waals surface area contributed by atoms with E-state index in [2.05, 4.69) is 5.32 Å². The molecule has 120 valence electrons. The molecule has 2 aromatic carbocycles. The average molecular weight is 310 g/mol. The summed E-state index contributed by atoms with van der Waals surface area (Å²) in [7, 11) is 1.73. The third-order valence-corrected chi connectivity index (χ3v) is 3.33. The fraction of sp³-hybridized carbons (Fsp3) is 0.263. The Balaban J connectivity index is 2.13. The number of carbonyl (C=O) groups excluding carboxylic acids is 2. The van der Waals surface area contributed by atoms with E-state index >= 15 is 0 Å². The number of nitrogens with one attached hydrogen (secondary N) is 1. The molecule has 0 radical (unpaired) electrons. The second-order valence-electron chi connectivity index (χ2n) is 6.48. The highest BCUT2D eigenvalue weighted by molar-refractivity contribution is 6.06. The third kappa shape index (κ3) is 4.42. The van der Waals surface area contributed by atoms with Gasteiger partial charge < -0.3 is 10.2 Å². The van der Waals surface area contributed by atoms with Gasteiger partial charge in [0.1, 0.15) is 0 Å². The number of para-hydroxylation sites is 1. The minimum absolute atomic E-state index is 0.112. The zero-order valence-electron chi connectivity index (χ0n) is 14.0. The predicted molar refractivity (Wildman–Crippen MR) is 92.8 cm³/mol. The molecule has 1 N–H and O–H groups in total. The fourth-order valence-electron chi connectivity index (χ4n) is 2.14. The number of hydrogen-bond donors (Lipinski definition) is 1. The minimum Gasteiger partial charge on any atom is -0.347 e. The van der Waals surface area contributed by atoms with Crippen LogP contribution >= 0.6 is 0 Å². The zero-order chi connectivity index (χ0) is 17.0. The van der Waals surface area contributed by atoms with Crippen LogP contribution in [-0.4, -0.2) is 24.4 Å². The van der Waals surface area contributed by atoms with Gasteiger partial charge in [-0.05, 0) is 57.2 Å². The first-order valence-corrected chi connectivity index (χ1v) is 7.53. The molecule has 0 bridgehead atoms. The van der Waals surface area contributed by atoms with Gasteiger partial charge in [0.15, 0.2) is 0 Å². The second-order valence-corrected chi connectivity index (χ2v) is 6.48. The van der Waals surface area contributed by atoms with Crippen LogP contribution in [0.2, 0.25) is 0 Å². The van der Waals surface area contributed by atoms with Gasteiger partial charge in [0.05, 0.1) is 0 Å². The van der Waals surface area contributed by atoms with E-state index in [0.717, 1.165) is 5.69 Å². The molecule has 0 aliphatic carbocycles. The largest absolute Gasteiger partial charge is 0.347 e. The summed E-state index contributed by atoms with van der Waals surface area (Å²) in [6.45, 7) is 5.78. The van der Waals surface area contributed by atoms with E-state index in [1.807, 2.05) is 51.1 Å². The lowest BCUT2D eigenvalue weighted by Gasteiger charge is -2.21. The number of amides is 2. The van der Waals surface area contributed by atoms with Crippen LogP contribution in [0.4, 0.5) is 5.69 Å². The molecular formula is C19H22N2O2. The summed E-state index contributed by atoms with van der Waals surface area (Å²) in [6, 6.07) is 16.1. The zero-order valence-corrected chi connectivity index (χ0v) is 14.0. The Hall–Kier alpha value is -2.62. The Morgan fingerprint density at radius 3 is 1.91 bits per heavy atom. The van der Waals surface area contributed by atoms with Crippen molar-refractivity contribution in [3.8, 4) is 0 Å². The molecule has 0 aromatic heterocycles. The molecule has 4 heteroatoms. The summed E-state index contributed by atoms with van der Waals surface area (Å²) < 4.78 is 0. The summed E-state index contributed by atoms with van der Waals surface area (Å²) in [5.41, 5.74) is 1.62. The van der Waals surface area contributed by atoms with Crippen molar-refractivity contribution in [2.75, 3.05) is 11.9 Å². The van der Waals surface area contributed by atoms with Crippen molar-refractivity contribution in [1.29, 1.82) is 0 Å². The monoisotopic (exact) mass is 310 g/mol. The molecule has 2 rings (SSSR count). The first-order valence-electron chi connectivity index (χ1n) is 7.53. The van der Waals surface area contributed by atoms with Gasteiger partial charge in [0, 0.05) is 29.4 Å². The van der Waals surface area contributed by atoms with Gasteiger partial charge in [-0.2, -0.15) is 0 Å². The lowest BCUT2D eigenvalue weighted by molar-refractivity contribution is 0.0917. The molecule has 2 amide bonds. The molecule has 0 fully saturated rings. The maximum Gasteiger partial charge on any atom is 0.258 e. The summed E-state index contributed by atoms with van der Waals surface area (Å²) in [5, 5.41) is 2.90. The van der Waals surface area contributed by atoms with Gasteiger partial charge in [-0.15, -0.1) is 0 Å². The average Bonchev–Trinajstić information content (AvgIpc) is 2.53. The molecule has 0 aliphatic rings. The first kappa shape index (κ1) is 16.7. The highest BCUT2D eigenvalue weighted by Crippen LogP contribution is 2.15. The van der Waals surface area contributed by atoms with Crippen LogP contribution in [0.1, 0.15) is 41.5 Å². The van der Waals surface area contributed by atoms with Gasteiger partial charge in [0.2, 0.25) is 0 Å². The predicted octanol–water partition coefficient (Wildman–Crippen LogP) is 3.49. The molecule has 4 nitrogen and oxygen atoms in total. The number of carbonyl (C=O) groups is 2. The molecule has 0 spiro atoms. The van der Waals surface area contributed by atoms with Crippen molar-refractivity contribution in [2.24, 2.45) is 0 Å². The second kappa shape index (κ2) is 6.65. The van der Waals surface area contributed by atoms with E-state index in [4.69, 9.17) is 0 Å².